The molecule has 1 rings (SSSR count). The van der Waals surface area contributed by atoms with Gasteiger partial charge in [0.05, 0.1) is 11.9 Å². The minimum atomic E-state index is -4.67. The molecule has 0 fully saturated rings. The molecule has 10 heteroatoms. The maximum absolute atomic E-state index is 8.74. The third-order valence-electron chi connectivity index (χ3n) is 1.05. The van der Waals surface area contributed by atoms with E-state index in [1.165, 1.54) is 11.0 Å². The maximum Gasteiger partial charge on any atom is 0.394 e. The molecule has 0 atom stereocenters. The highest BCUT2D eigenvalue weighted by Crippen LogP contribution is 2.09. The Bertz CT molecular complexity index is 392. The number of nitrogens with two attached hydrogens (primary N) is 2. The number of anilines is 2. The molecule has 88 valence electrons. The first-order chi connectivity index (χ1) is 6.75. The second-order valence-electron chi connectivity index (χ2n) is 2.22. The summed E-state index contributed by atoms with van der Waals surface area (Å²) >= 11 is 0. The Morgan fingerprint density at radius 3 is 2.27 bits per heavy atom. The van der Waals surface area contributed by atoms with Crippen LogP contribution in [0.2, 0.25) is 0 Å². The summed E-state index contributed by atoms with van der Waals surface area (Å²) < 4.78 is 31.6. The Hall–Kier alpha value is -1.52. The van der Waals surface area contributed by atoms with Gasteiger partial charge in [0.1, 0.15) is 6.61 Å². The molecule has 0 bridgehead atoms. The molecule has 1 aromatic rings. The zero-order valence-corrected chi connectivity index (χ0v) is 8.68. The van der Waals surface area contributed by atoms with E-state index in [0.717, 1.165) is 0 Å². The predicted octanol–water partition coefficient (Wildman–Crippen LogP) is -1.16. The molecular weight excluding hydrogens is 228 g/mol. The summed E-state index contributed by atoms with van der Waals surface area (Å²) in [6.45, 7) is 2.36. The van der Waals surface area contributed by atoms with Crippen LogP contribution < -0.4 is 16.3 Å². The smallest absolute Gasteiger partial charge is 0.394 e. The van der Waals surface area contributed by atoms with Crippen LogP contribution in [0.5, 0.6) is 0 Å². The topological polar surface area (TPSA) is 154 Å². The van der Waals surface area contributed by atoms with Crippen LogP contribution in [-0.4, -0.2) is 34.1 Å². The van der Waals surface area contributed by atoms with Crippen molar-refractivity contribution in [1.82, 2.24) is 9.94 Å². The highest BCUT2D eigenvalue weighted by molar-refractivity contribution is 7.79. The minimum absolute atomic E-state index is 0.349. The SMILES string of the molecule is CCOn1ncc(N)c1N.O=S(=O)(O)O. The van der Waals surface area contributed by atoms with Crippen molar-refractivity contribution in [3.63, 3.8) is 0 Å². The highest BCUT2D eigenvalue weighted by Gasteiger charge is 2.01. The van der Waals surface area contributed by atoms with Gasteiger partial charge >= 0.3 is 10.4 Å². The van der Waals surface area contributed by atoms with Gasteiger partial charge in [0, 0.05) is 0 Å². The molecule has 0 aliphatic carbocycles. The first-order valence-corrected chi connectivity index (χ1v) is 5.07. The van der Waals surface area contributed by atoms with E-state index in [2.05, 4.69) is 5.10 Å². The van der Waals surface area contributed by atoms with E-state index in [9.17, 15) is 0 Å². The van der Waals surface area contributed by atoms with Gasteiger partial charge in [-0.15, -0.1) is 5.10 Å². The van der Waals surface area contributed by atoms with Crippen LogP contribution in [0.4, 0.5) is 11.5 Å². The van der Waals surface area contributed by atoms with Crippen molar-refractivity contribution < 1.29 is 22.4 Å². The van der Waals surface area contributed by atoms with Crippen molar-refractivity contribution in [1.29, 1.82) is 0 Å². The molecular formula is C5H12N4O5S. The average Bonchev–Trinajstić information content (AvgIpc) is 2.34. The number of hydrogen-bond donors (Lipinski definition) is 4. The maximum atomic E-state index is 8.74. The summed E-state index contributed by atoms with van der Waals surface area (Å²) in [5.74, 6) is 0.349. The van der Waals surface area contributed by atoms with Crippen molar-refractivity contribution in [2.24, 2.45) is 0 Å². The van der Waals surface area contributed by atoms with E-state index >= 15 is 0 Å². The van der Waals surface area contributed by atoms with Crippen molar-refractivity contribution in [2.45, 2.75) is 6.92 Å². The average molecular weight is 240 g/mol. The zero-order chi connectivity index (χ0) is 12.1. The lowest BCUT2D eigenvalue weighted by atomic mass is 10.5. The lowest BCUT2D eigenvalue weighted by Crippen LogP contribution is -2.14. The lowest BCUT2D eigenvalue weighted by Gasteiger charge is -2.01. The van der Waals surface area contributed by atoms with Gasteiger partial charge in [-0.2, -0.15) is 8.42 Å². The summed E-state index contributed by atoms with van der Waals surface area (Å²) in [6.07, 6.45) is 1.45. The minimum Gasteiger partial charge on any atom is -0.395 e. The van der Waals surface area contributed by atoms with Gasteiger partial charge in [0.15, 0.2) is 5.82 Å². The lowest BCUT2D eigenvalue weighted by molar-refractivity contribution is 0.0979. The van der Waals surface area contributed by atoms with Crippen LogP contribution in [0.3, 0.4) is 0 Å². The van der Waals surface area contributed by atoms with Gasteiger partial charge in [-0.05, 0) is 6.92 Å². The van der Waals surface area contributed by atoms with E-state index in [-0.39, 0.29) is 0 Å². The van der Waals surface area contributed by atoms with Gasteiger partial charge in [0.2, 0.25) is 0 Å². The van der Waals surface area contributed by atoms with E-state index in [1.54, 1.807) is 0 Å². The van der Waals surface area contributed by atoms with E-state index in [4.69, 9.17) is 33.8 Å². The fourth-order valence-corrected chi connectivity index (χ4v) is 0.579. The molecule has 0 unspecified atom stereocenters. The second-order valence-corrected chi connectivity index (χ2v) is 3.12. The van der Waals surface area contributed by atoms with Gasteiger partial charge < -0.3 is 16.3 Å². The molecule has 9 nitrogen and oxygen atoms in total. The van der Waals surface area contributed by atoms with E-state index in [1.807, 2.05) is 6.92 Å². The fraction of sp³-hybridized carbons (Fsp3) is 0.400. The van der Waals surface area contributed by atoms with Crippen molar-refractivity contribution in [2.75, 3.05) is 18.1 Å². The van der Waals surface area contributed by atoms with Crippen molar-refractivity contribution >= 4 is 21.9 Å². The van der Waals surface area contributed by atoms with Gasteiger partial charge in [-0.25, -0.2) is 0 Å². The normalized spacial score (nSPS) is 10.3. The van der Waals surface area contributed by atoms with Crippen LogP contribution in [0.1, 0.15) is 6.92 Å². The summed E-state index contributed by atoms with van der Waals surface area (Å²) in [5, 5.41) is 3.75. The van der Waals surface area contributed by atoms with Crippen LogP contribution in [0.25, 0.3) is 0 Å². The van der Waals surface area contributed by atoms with E-state index < -0.39 is 10.4 Å². The zero-order valence-electron chi connectivity index (χ0n) is 7.86. The van der Waals surface area contributed by atoms with Gasteiger partial charge in [-0.1, -0.05) is 4.85 Å². The monoisotopic (exact) mass is 240 g/mol. The highest BCUT2D eigenvalue weighted by atomic mass is 32.3. The third kappa shape index (κ3) is 6.54. The van der Waals surface area contributed by atoms with Crippen LogP contribution in [0.15, 0.2) is 6.20 Å². The summed E-state index contributed by atoms with van der Waals surface area (Å²) in [5.41, 5.74) is 11.3. The molecule has 0 aromatic carbocycles. The first kappa shape index (κ1) is 13.5. The molecule has 0 saturated carbocycles. The molecule has 0 amide bonds. The molecule has 0 spiro atoms. The molecule has 15 heavy (non-hydrogen) atoms. The second kappa shape index (κ2) is 5.38. The third-order valence-corrected chi connectivity index (χ3v) is 1.05. The Labute approximate surface area is 86.2 Å². The van der Waals surface area contributed by atoms with E-state index in [0.29, 0.717) is 18.1 Å². The van der Waals surface area contributed by atoms with Crippen LogP contribution >= 0.6 is 0 Å². The van der Waals surface area contributed by atoms with Crippen LogP contribution in [0, 0.1) is 0 Å². The van der Waals surface area contributed by atoms with Crippen LogP contribution in [-0.2, 0) is 10.4 Å². The first-order valence-electron chi connectivity index (χ1n) is 3.67. The summed E-state index contributed by atoms with van der Waals surface area (Å²) in [7, 11) is -4.67. The molecule has 1 heterocycles. The van der Waals surface area contributed by atoms with Gasteiger partial charge in [-0.3, -0.25) is 9.11 Å². The molecule has 0 aliphatic rings. The Balaban J connectivity index is 0.000000336. The Kier molecular flexibility index (Phi) is 4.84. The quantitative estimate of drug-likeness (QED) is 0.472. The van der Waals surface area contributed by atoms with Gasteiger partial charge in [0.25, 0.3) is 0 Å². The molecule has 6 N–H and O–H groups in total. The summed E-state index contributed by atoms with van der Waals surface area (Å²) in [4.78, 5) is 6.16. The molecule has 0 radical (unpaired) electrons. The standard InChI is InChI=1S/C5H10N4O.H2O4S/c1-2-10-9-5(7)4(6)3-8-9;1-5(2,3)4/h3H,2,6-7H2,1H3;(H2,1,2,3,4). The predicted molar refractivity (Wildman–Crippen MR) is 52.4 cm³/mol. The molecule has 0 saturated heterocycles. The number of nitrogen functional groups attached to an aromatic ring is 2. The summed E-state index contributed by atoms with van der Waals surface area (Å²) in [6, 6.07) is 0. The van der Waals surface area contributed by atoms with Crippen molar-refractivity contribution in [3.05, 3.63) is 6.20 Å². The molecule has 1 aromatic heterocycles. The fourth-order valence-electron chi connectivity index (χ4n) is 0.579. The number of nitrogens with zero attached hydrogens (tertiary/aromatic N) is 2. The number of hydrogen-bond acceptors (Lipinski definition) is 6. The largest absolute Gasteiger partial charge is 0.395 e. The Morgan fingerprint density at radius 2 is 2.00 bits per heavy atom. The Morgan fingerprint density at radius 1 is 1.53 bits per heavy atom. The molecule has 0 aliphatic heterocycles. The number of aromatic nitrogens is 2. The number of rotatable bonds is 2. The van der Waals surface area contributed by atoms with Crippen molar-refractivity contribution in [3.8, 4) is 0 Å².